The number of H-pyrrole nitrogens is 1. The zero-order chi connectivity index (χ0) is 16.7. The van der Waals surface area contributed by atoms with Crippen molar-refractivity contribution in [3.8, 4) is 0 Å². The van der Waals surface area contributed by atoms with E-state index < -0.39 is 11.9 Å². The van der Waals surface area contributed by atoms with E-state index in [-0.39, 0.29) is 5.92 Å². The molecular weight excluding hydrogens is 292 g/mol. The lowest BCUT2D eigenvalue weighted by atomic mass is 9.83. The van der Waals surface area contributed by atoms with E-state index in [2.05, 4.69) is 26.7 Å². The van der Waals surface area contributed by atoms with Gasteiger partial charge >= 0.3 is 5.97 Å². The third-order valence-corrected chi connectivity index (χ3v) is 3.82. The molecule has 0 fully saturated rings. The molecule has 1 heterocycles. The van der Waals surface area contributed by atoms with Crippen LogP contribution >= 0.6 is 0 Å². The van der Waals surface area contributed by atoms with E-state index in [4.69, 9.17) is 0 Å². The smallest absolute Gasteiger partial charge is 0.307 e. The van der Waals surface area contributed by atoms with Crippen molar-refractivity contribution in [2.24, 2.45) is 5.92 Å². The van der Waals surface area contributed by atoms with Crippen molar-refractivity contribution in [2.75, 3.05) is 0 Å². The van der Waals surface area contributed by atoms with Crippen LogP contribution in [0.2, 0.25) is 0 Å². The minimum absolute atomic E-state index is 0.306. The molecule has 0 aliphatic carbocycles. The van der Waals surface area contributed by atoms with E-state index in [0.29, 0.717) is 18.7 Å². The summed E-state index contributed by atoms with van der Waals surface area (Å²) < 4.78 is 0. The van der Waals surface area contributed by atoms with Crippen molar-refractivity contribution in [3.05, 3.63) is 53.4 Å². The van der Waals surface area contributed by atoms with Crippen molar-refractivity contribution in [3.63, 3.8) is 0 Å². The maximum Gasteiger partial charge on any atom is 0.307 e. The first-order valence-corrected chi connectivity index (χ1v) is 7.71. The molecule has 0 saturated carbocycles. The molecule has 2 N–H and O–H groups in total. The summed E-state index contributed by atoms with van der Waals surface area (Å²) in [6, 6.07) is 9.81. The van der Waals surface area contributed by atoms with Gasteiger partial charge in [0.2, 0.25) is 0 Å². The molecule has 23 heavy (non-hydrogen) atoms. The first-order valence-electron chi connectivity index (χ1n) is 7.71. The first-order chi connectivity index (χ1) is 11.1. The number of allylic oxidation sites excluding steroid dienone is 2. The van der Waals surface area contributed by atoms with Crippen LogP contribution in [0.25, 0.3) is 0 Å². The second-order valence-electron chi connectivity index (χ2n) is 5.87. The number of aliphatic carboxylic acids is 1. The van der Waals surface area contributed by atoms with Crippen molar-refractivity contribution >= 4 is 5.97 Å². The summed E-state index contributed by atoms with van der Waals surface area (Å²) in [6.07, 6.45) is 3.91. The fraction of sp³-hybridized carbons (Fsp3) is 0.412. The second-order valence-corrected chi connectivity index (χ2v) is 5.87. The Balaban J connectivity index is 2.22. The molecule has 1 aromatic carbocycles. The topological polar surface area (TPSA) is 91.8 Å². The van der Waals surface area contributed by atoms with Gasteiger partial charge in [-0.3, -0.25) is 4.79 Å². The molecule has 2 unspecified atom stereocenters. The highest BCUT2D eigenvalue weighted by Gasteiger charge is 2.32. The fourth-order valence-electron chi connectivity index (χ4n) is 2.66. The SMILES string of the molecule is CC(C)=CCCC(C(=O)O)C(Cc1ccccc1)c1nn[nH]n1. The van der Waals surface area contributed by atoms with Crippen LogP contribution in [0.3, 0.4) is 0 Å². The highest BCUT2D eigenvalue weighted by molar-refractivity contribution is 5.71. The zero-order valence-electron chi connectivity index (χ0n) is 13.4. The largest absolute Gasteiger partial charge is 0.481 e. The second kappa shape index (κ2) is 8.22. The fourth-order valence-corrected chi connectivity index (χ4v) is 2.66. The molecule has 122 valence electrons. The summed E-state index contributed by atoms with van der Waals surface area (Å²) >= 11 is 0. The summed E-state index contributed by atoms with van der Waals surface area (Å²) in [6.45, 7) is 4.02. The predicted molar refractivity (Wildman–Crippen MR) is 86.9 cm³/mol. The Morgan fingerprint density at radius 3 is 2.61 bits per heavy atom. The van der Waals surface area contributed by atoms with Crippen molar-refractivity contribution < 1.29 is 9.90 Å². The Kier molecular flexibility index (Phi) is 6.02. The zero-order valence-corrected chi connectivity index (χ0v) is 13.4. The number of carboxylic acids is 1. The Hall–Kier alpha value is -2.50. The Bertz CT molecular complexity index is 634. The summed E-state index contributed by atoms with van der Waals surface area (Å²) in [5.41, 5.74) is 2.25. The van der Waals surface area contributed by atoms with E-state index >= 15 is 0 Å². The lowest BCUT2D eigenvalue weighted by Gasteiger charge is -2.21. The van der Waals surface area contributed by atoms with Crippen molar-refractivity contribution in [1.82, 2.24) is 20.6 Å². The maximum absolute atomic E-state index is 11.8. The number of nitrogens with zero attached hydrogens (tertiary/aromatic N) is 3. The number of nitrogens with one attached hydrogen (secondary N) is 1. The molecule has 2 rings (SSSR count). The van der Waals surface area contributed by atoms with Gasteiger partial charge in [-0.1, -0.05) is 47.2 Å². The number of carboxylic acid groups (broad SMARTS) is 1. The van der Waals surface area contributed by atoms with Gasteiger partial charge in [0, 0.05) is 5.92 Å². The normalized spacial score (nSPS) is 13.3. The summed E-state index contributed by atoms with van der Waals surface area (Å²) in [5, 5.41) is 23.8. The summed E-state index contributed by atoms with van der Waals surface area (Å²) in [7, 11) is 0. The highest BCUT2D eigenvalue weighted by Crippen LogP contribution is 2.30. The lowest BCUT2D eigenvalue weighted by Crippen LogP contribution is -2.25. The highest BCUT2D eigenvalue weighted by atomic mass is 16.4. The average molecular weight is 314 g/mol. The van der Waals surface area contributed by atoms with Gasteiger partial charge in [-0.05, 0) is 38.7 Å². The number of benzene rings is 1. The third-order valence-electron chi connectivity index (χ3n) is 3.82. The monoisotopic (exact) mass is 314 g/mol. The van der Waals surface area contributed by atoms with Gasteiger partial charge in [-0.2, -0.15) is 5.21 Å². The van der Waals surface area contributed by atoms with Crippen LogP contribution in [0.4, 0.5) is 0 Å². The first kappa shape index (κ1) is 16.9. The molecule has 6 nitrogen and oxygen atoms in total. The Morgan fingerprint density at radius 2 is 2.04 bits per heavy atom. The van der Waals surface area contributed by atoms with Crippen LogP contribution in [0, 0.1) is 5.92 Å². The number of rotatable bonds is 8. The Morgan fingerprint density at radius 1 is 1.30 bits per heavy atom. The van der Waals surface area contributed by atoms with Crippen LogP contribution in [0.5, 0.6) is 0 Å². The quantitative estimate of drug-likeness (QED) is 0.731. The molecule has 0 amide bonds. The van der Waals surface area contributed by atoms with Gasteiger partial charge in [-0.25, -0.2) is 0 Å². The number of tetrazole rings is 1. The van der Waals surface area contributed by atoms with Gasteiger partial charge in [-0.15, -0.1) is 10.2 Å². The summed E-state index contributed by atoms with van der Waals surface area (Å²) in [5.74, 6) is -1.22. The summed E-state index contributed by atoms with van der Waals surface area (Å²) in [4.78, 5) is 11.8. The third kappa shape index (κ3) is 5.02. The van der Waals surface area contributed by atoms with Crippen LogP contribution < -0.4 is 0 Å². The number of aromatic amines is 1. The molecule has 0 spiro atoms. The Labute approximate surface area is 135 Å². The van der Waals surface area contributed by atoms with Gasteiger partial charge in [0.15, 0.2) is 5.82 Å². The minimum atomic E-state index is -0.821. The van der Waals surface area contributed by atoms with E-state index in [1.165, 1.54) is 5.57 Å². The molecule has 1 aromatic heterocycles. The van der Waals surface area contributed by atoms with Crippen LogP contribution in [0.15, 0.2) is 42.0 Å². The van der Waals surface area contributed by atoms with Crippen molar-refractivity contribution in [1.29, 1.82) is 0 Å². The van der Waals surface area contributed by atoms with Gasteiger partial charge in [0.1, 0.15) is 0 Å². The molecule has 0 aliphatic rings. The standard InChI is InChI=1S/C17H22N4O2/c1-12(2)7-6-10-14(17(22)23)15(16-18-20-21-19-16)11-13-8-4-3-5-9-13/h3-5,7-9,14-15H,6,10-11H2,1-2H3,(H,22,23)(H,18,19,20,21). The van der Waals surface area contributed by atoms with Crippen LogP contribution in [-0.4, -0.2) is 31.7 Å². The molecule has 0 saturated heterocycles. The van der Waals surface area contributed by atoms with Gasteiger partial charge in [0.25, 0.3) is 0 Å². The van der Waals surface area contributed by atoms with Crippen LogP contribution in [0.1, 0.15) is 44.0 Å². The predicted octanol–water partition coefficient (Wildman–Crippen LogP) is 2.97. The van der Waals surface area contributed by atoms with E-state index in [0.717, 1.165) is 12.0 Å². The number of hydrogen-bond acceptors (Lipinski definition) is 4. The average Bonchev–Trinajstić information content (AvgIpc) is 3.04. The van der Waals surface area contributed by atoms with Gasteiger partial charge in [0.05, 0.1) is 5.92 Å². The van der Waals surface area contributed by atoms with Gasteiger partial charge < -0.3 is 5.11 Å². The minimum Gasteiger partial charge on any atom is -0.481 e. The number of carbonyl (C=O) groups is 1. The van der Waals surface area contributed by atoms with Crippen molar-refractivity contribution in [2.45, 2.75) is 39.0 Å². The lowest BCUT2D eigenvalue weighted by molar-refractivity contribution is -0.142. The number of aromatic nitrogens is 4. The molecule has 0 radical (unpaired) electrons. The number of hydrogen-bond donors (Lipinski definition) is 2. The van der Waals surface area contributed by atoms with E-state index in [1.54, 1.807) is 0 Å². The van der Waals surface area contributed by atoms with Crippen LogP contribution in [-0.2, 0) is 11.2 Å². The van der Waals surface area contributed by atoms with E-state index in [1.807, 2.05) is 44.2 Å². The molecule has 0 bridgehead atoms. The molecule has 2 aromatic rings. The molecule has 0 aliphatic heterocycles. The van der Waals surface area contributed by atoms with E-state index in [9.17, 15) is 9.90 Å². The molecule has 2 atom stereocenters. The molecule has 6 heteroatoms. The maximum atomic E-state index is 11.8. The molecular formula is C17H22N4O2.